The number of anilines is 1. The van der Waals surface area contributed by atoms with Gasteiger partial charge < -0.3 is 4.90 Å². The summed E-state index contributed by atoms with van der Waals surface area (Å²) in [4.78, 5) is 41.9. The average molecular weight is 525 g/mol. The molecule has 1 saturated carbocycles. The summed E-state index contributed by atoms with van der Waals surface area (Å²) in [5.74, 6) is -0.389. The number of fused-ring (bicyclic) bond motifs is 1. The second-order valence-corrected chi connectivity index (χ2v) is 9.49. The van der Waals surface area contributed by atoms with Gasteiger partial charge in [0.25, 0.3) is 11.1 Å². The van der Waals surface area contributed by atoms with E-state index in [9.17, 15) is 18.8 Å². The number of pyridine rings is 1. The van der Waals surface area contributed by atoms with Crippen LogP contribution >= 0.6 is 15.9 Å². The minimum Gasteiger partial charge on any atom is -0.369 e. The summed E-state index contributed by atoms with van der Waals surface area (Å²) in [6.07, 6.45) is 1.49. The Bertz CT molecular complexity index is 1600. The Morgan fingerprint density at radius 2 is 1.76 bits per heavy atom. The molecule has 0 N–H and O–H groups in total. The van der Waals surface area contributed by atoms with Crippen molar-refractivity contribution in [1.29, 1.82) is 0 Å². The van der Waals surface area contributed by atoms with E-state index in [0.29, 0.717) is 16.9 Å². The number of hydrogen-bond acceptors (Lipinski definition) is 4. The van der Waals surface area contributed by atoms with Crippen molar-refractivity contribution in [3.63, 3.8) is 0 Å². The molecule has 7 nitrogen and oxygen atoms in total. The first-order chi connectivity index (χ1) is 16.3. The first-order valence-corrected chi connectivity index (χ1v) is 11.7. The highest BCUT2D eigenvalue weighted by Gasteiger charge is 2.31. The van der Waals surface area contributed by atoms with E-state index in [1.807, 2.05) is 6.07 Å². The van der Waals surface area contributed by atoms with Gasteiger partial charge in [0.1, 0.15) is 16.9 Å². The van der Waals surface area contributed by atoms with E-state index in [0.717, 1.165) is 17.3 Å². The predicted octanol–water partition coefficient (Wildman–Crippen LogP) is 3.72. The van der Waals surface area contributed by atoms with Gasteiger partial charge in [-0.2, -0.15) is 0 Å². The molecule has 1 aliphatic rings. The van der Waals surface area contributed by atoms with Crippen LogP contribution in [0.4, 0.5) is 10.1 Å². The second-order valence-electron chi connectivity index (χ2n) is 8.58. The summed E-state index contributed by atoms with van der Waals surface area (Å²) in [6.45, 7) is 0.126. The first kappa shape index (κ1) is 22.3. The zero-order chi connectivity index (χ0) is 24.1. The van der Waals surface area contributed by atoms with Gasteiger partial charge in [0.05, 0.1) is 11.4 Å². The Morgan fingerprint density at radius 1 is 1.06 bits per heavy atom. The fraction of sp³-hybridized carbons (Fsp3) is 0.240. The van der Waals surface area contributed by atoms with E-state index in [2.05, 4.69) is 15.9 Å². The van der Waals surface area contributed by atoms with Crippen LogP contribution in [0.5, 0.6) is 0 Å². The van der Waals surface area contributed by atoms with Crippen molar-refractivity contribution < 1.29 is 4.39 Å². The highest BCUT2D eigenvalue weighted by atomic mass is 79.9. The van der Waals surface area contributed by atoms with Gasteiger partial charge in [-0.15, -0.1) is 0 Å². The molecule has 34 heavy (non-hydrogen) atoms. The molecule has 174 valence electrons. The van der Waals surface area contributed by atoms with Crippen LogP contribution in [0.25, 0.3) is 16.7 Å². The van der Waals surface area contributed by atoms with Crippen LogP contribution in [-0.4, -0.2) is 20.7 Å². The molecule has 0 aliphatic heterocycles. The molecule has 1 aliphatic carbocycles. The van der Waals surface area contributed by atoms with Crippen molar-refractivity contribution in [3.8, 4) is 5.69 Å². The molecular formula is C25H22BrFN4O3. The molecule has 0 saturated heterocycles. The van der Waals surface area contributed by atoms with Gasteiger partial charge in [-0.3, -0.25) is 18.7 Å². The maximum Gasteiger partial charge on any atom is 0.337 e. The second kappa shape index (κ2) is 8.39. The number of aryl methyl sites for hydroxylation is 1. The molecule has 0 atom stereocenters. The smallest absolute Gasteiger partial charge is 0.337 e. The molecule has 1 fully saturated rings. The standard InChI is InChI=1S/C25H22BrFN4O3/c1-28(14-15-12-16(26)8-11-19(15)27)20-13-21(32)29(2)23-22(20)24(33)31(18-9-10-18)25(34)30(23)17-6-4-3-5-7-17/h3-8,11-13,18H,9-10,14H2,1-2H3. The van der Waals surface area contributed by atoms with Gasteiger partial charge in [-0.05, 0) is 43.2 Å². The van der Waals surface area contributed by atoms with Gasteiger partial charge in [-0.25, -0.2) is 13.8 Å². The van der Waals surface area contributed by atoms with Gasteiger partial charge >= 0.3 is 5.69 Å². The average Bonchev–Trinajstić information content (AvgIpc) is 3.64. The third kappa shape index (κ3) is 3.69. The number of aromatic nitrogens is 3. The Hall–Kier alpha value is -3.46. The maximum atomic E-state index is 14.5. The fourth-order valence-corrected chi connectivity index (χ4v) is 4.72. The topological polar surface area (TPSA) is 69.2 Å². The normalized spacial score (nSPS) is 13.4. The van der Waals surface area contributed by atoms with Crippen molar-refractivity contribution in [3.05, 3.63) is 102 Å². The molecule has 0 bridgehead atoms. The van der Waals surface area contributed by atoms with E-state index in [-0.39, 0.29) is 35.0 Å². The first-order valence-electron chi connectivity index (χ1n) is 10.9. The quantitative estimate of drug-likeness (QED) is 0.399. The maximum absolute atomic E-state index is 14.5. The van der Waals surface area contributed by atoms with Crippen LogP contribution in [0.15, 0.2) is 73.5 Å². The summed E-state index contributed by atoms with van der Waals surface area (Å²) >= 11 is 3.36. The number of nitrogens with zero attached hydrogens (tertiary/aromatic N) is 4. The third-order valence-electron chi connectivity index (χ3n) is 6.18. The minimum atomic E-state index is -0.473. The molecule has 4 aromatic rings. The summed E-state index contributed by atoms with van der Waals surface area (Å²) in [7, 11) is 3.25. The van der Waals surface area contributed by atoms with Crippen molar-refractivity contribution in [2.75, 3.05) is 11.9 Å². The minimum absolute atomic E-state index is 0.126. The Labute approximate surface area is 202 Å². The van der Waals surface area contributed by atoms with Crippen molar-refractivity contribution >= 4 is 32.7 Å². The molecule has 5 rings (SSSR count). The van der Waals surface area contributed by atoms with Crippen molar-refractivity contribution in [1.82, 2.24) is 13.7 Å². The molecule has 2 aromatic heterocycles. The number of benzene rings is 2. The summed E-state index contributed by atoms with van der Waals surface area (Å²) in [6, 6.07) is 14.8. The number of rotatable bonds is 5. The molecule has 2 aromatic carbocycles. The molecule has 0 amide bonds. The Balaban J connectivity index is 1.84. The van der Waals surface area contributed by atoms with Crippen LogP contribution in [0.2, 0.25) is 0 Å². The lowest BCUT2D eigenvalue weighted by atomic mass is 10.1. The highest BCUT2D eigenvalue weighted by molar-refractivity contribution is 9.10. The lowest BCUT2D eigenvalue weighted by molar-refractivity contribution is 0.607. The van der Waals surface area contributed by atoms with Crippen LogP contribution in [0.1, 0.15) is 24.4 Å². The van der Waals surface area contributed by atoms with E-state index in [1.54, 1.807) is 55.4 Å². The van der Waals surface area contributed by atoms with Crippen LogP contribution in [0.3, 0.4) is 0 Å². The van der Waals surface area contributed by atoms with Gasteiger partial charge in [0.2, 0.25) is 0 Å². The van der Waals surface area contributed by atoms with E-state index in [1.165, 1.54) is 25.8 Å². The largest absolute Gasteiger partial charge is 0.369 e. The Kier molecular flexibility index (Phi) is 5.51. The van der Waals surface area contributed by atoms with Gasteiger partial charge in [-0.1, -0.05) is 34.1 Å². The molecular weight excluding hydrogens is 503 g/mol. The number of halogens is 2. The van der Waals surface area contributed by atoms with E-state index >= 15 is 0 Å². The SMILES string of the molecule is CN(Cc1cc(Br)ccc1F)c1cc(=O)n(C)c2c1c(=O)n(C1CC1)c(=O)n2-c1ccccc1. The van der Waals surface area contributed by atoms with Crippen LogP contribution < -0.4 is 21.7 Å². The number of hydrogen-bond donors (Lipinski definition) is 0. The zero-order valence-electron chi connectivity index (χ0n) is 18.7. The van der Waals surface area contributed by atoms with Gasteiger partial charge in [0.15, 0.2) is 0 Å². The van der Waals surface area contributed by atoms with Gasteiger partial charge in [0, 0.05) is 42.8 Å². The predicted molar refractivity (Wildman–Crippen MR) is 134 cm³/mol. The van der Waals surface area contributed by atoms with Crippen molar-refractivity contribution in [2.24, 2.45) is 7.05 Å². The summed E-state index contributed by atoms with van der Waals surface area (Å²) in [5.41, 5.74) is 0.227. The monoisotopic (exact) mass is 524 g/mol. The molecule has 0 radical (unpaired) electrons. The van der Waals surface area contributed by atoms with Crippen LogP contribution in [0, 0.1) is 5.82 Å². The highest BCUT2D eigenvalue weighted by Crippen LogP contribution is 2.33. The van der Waals surface area contributed by atoms with E-state index in [4.69, 9.17) is 0 Å². The lowest BCUT2D eigenvalue weighted by Crippen LogP contribution is -2.42. The van der Waals surface area contributed by atoms with Crippen molar-refractivity contribution in [2.45, 2.75) is 25.4 Å². The van der Waals surface area contributed by atoms with E-state index < -0.39 is 11.2 Å². The third-order valence-corrected chi connectivity index (χ3v) is 6.68. The lowest BCUT2D eigenvalue weighted by Gasteiger charge is -2.24. The van der Waals surface area contributed by atoms with Crippen LogP contribution in [-0.2, 0) is 13.6 Å². The summed E-state index contributed by atoms with van der Waals surface area (Å²) < 4.78 is 19.2. The molecule has 2 heterocycles. The Morgan fingerprint density at radius 3 is 2.44 bits per heavy atom. The molecule has 9 heteroatoms. The fourth-order valence-electron chi connectivity index (χ4n) is 4.32. The summed E-state index contributed by atoms with van der Waals surface area (Å²) in [5, 5.41) is 0.246. The molecule has 0 spiro atoms. The zero-order valence-corrected chi connectivity index (χ0v) is 20.3. The number of para-hydroxylation sites is 1. The molecule has 0 unspecified atom stereocenters.